The van der Waals surface area contributed by atoms with Crippen LogP contribution in [0.2, 0.25) is 0 Å². The summed E-state index contributed by atoms with van der Waals surface area (Å²) in [6.07, 6.45) is -3.66. The van der Waals surface area contributed by atoms with Crippen LogP contribution in [0, 0.1) is 0 Å². The van der Waals surface area contributed by atoms with Gasteiger partial charge in [-0.15, -0.1) is 0 Å². The highest BCUT2D eigenvalue weighted by Gasteiger charge is 2.38. The summed E-state index contributed by atoms with van der Waals surface area (Å²) in [7, 11) is 0. The van der Waals surface area contributed by atoms with Crippen LogP contribution in [0.15, 0.2) is 24.3 Å². The predicted octanol–water partition coefficient (Wildman–Crippen LogP) is -0.612. The molecule has 0 saturated carbocycles. The largest absolute Gasteiger partial charge is 0.468 e. The maximum atomic E-state index is 12.0. The number of ether oxygens (including phenoxy) is 2. The van der Waals surface area contributed by atoms with Crippen LogP contribution >= 0.6 is 0 Å². The zero-order chi connectivity index (χ0) is 16.8. The number of carbonyl (C=O) groups excluding carboxylic acids is 1. The molecule has 1 aromatic carbocycles. The molecule has 0 spiro atoms. The second-order valence-corrected chi connectivity index (χ2v) is 5.58. The van der Waals surface area contributed by atoms with Crippen LogP contribution in [0.4, 0.5) is 0 Å². The fourth-order valence-electron chi connectivity index (χ4n) is 2.48. The van der Waals surface area contributed by atoms with Crippen LogP contribution in [-0.4, -0.2) is 64.0 Å². The molecule has 0 aliphatic carbocycles. The molecule has 1 saturated heterocycles. The topological polar surface area (TPSA) is 116 Å². The van der Waals surface area contributed by atoms with Crippen LogP contribution in [0.5, 0.6) is 5.75 Å². The lowest BCUT2D eigenvalue weighted by molar-refractivity contribution is -0.189. The van der Waals surface area contributed by atoms with Gasteiger partial charge < -0.3 is 29.9 Å². The molecule has 23 heavy (non-hydrogen) atoms. The number of benzene rings is 1. The van der Waals surface area contributed by atoms with Gasteiger partial charge in [-0.2, -0.15) is 0 Å². The van der Waals surface area contributed by atoms with Gasteiger partial charge >= 0.3 is 0 Å². The van der Waals surface area contributed by atoms with Gasteiger partial charge in [0.05, 0.1) is 12.7 Å². The molecule has 0 aromatic heterocycles. The van der Waals surface area contributed by atoms with Gasteiger partial charge in [0.15, 0.2) is 6.79 Å². The summed E-state index contributed by atoms with van der Waals surface area (Å²) in [5.74, 6) is 0.460. The van der Waals surface area contributed by atoms with Crippen molar-refractivity contribution in [2.24, 2.45) is 0 Å². The van der Waals surface area contributed by atoms with E-state index in [1.807, 2.05) is 12.1 Å². The number of Topliss-reactive ketones (excluding diaryl/α,β-unsaturated/α-hetero) is 1. The summed E-state index contributed by atoms with van der Waals surface area (Å²) in [6.45, 7) is -0.482. The predicted molar refractivity (Wildman–Crippen MR) is 79.9 cm³/mol. The van der Waals surface area contributed by atoms with Gasteiger partial charge in [0, 0.05) is 12.8 Å². The van der Waals surface area contributed by atoms with Crippen LogP contribution in [0.25, 0.3) is 0 Å². The van der Waals surface area contributed by atoms with E-state index in [2.05, 4.69) is 0 Å². The summed E-state index contributed by atoms with van der Waals surface area (Å²) < 4.78 is 10.1. The first-order chi connectivity index (χ1) is 11.0. The van der Waals surface area contributed by atoms with Crippen LogP contribution in [-0.2, 0) is 16.0 Å². The number of ketones is 1. The van der Waals surface area contributed by atoms with Gasteiger partial charge in [-0.1, -0.05) is 12.1 Å². The van der Waals surface area contributed by atoms with E-state index in [4.69, 9.17) is 14.6 Å². The Labute approximate surface area is 134 Å². The standard InChI is InChI=1S/C16H22O7/c17-9-23-12-5-2-10(3-6-12)1-4-11(18)7-14-16(21)15(20)13(19)8-22-14/h2-3,5-6,13-17,19-21H,1,4,7-9H2/t13-,14?,15+,16+/m1/s1. The summed E-state index contributed by atoms with van der Waals surface area (Å²) in [5, 5.41) is 37.4. The highest BCUT2D eigenvalue weighted by Crippen LogP contribution is 2.19. The van der Waals surface area contributed by atoms with Crippen molar-refractivity contribution in [3.8, 4) is 5.75 Å². The first kappa shape index (κ1) is 17.8. The Kier molecular flexibility index (Phi) is 6.49. The number of aliphatic hydroxyl groups excluding tert-OH is 4. The SMILES string of the molecule is O=C(CCc1ccc(OCO)cc1)CC1OC[C@@H](O)[C@H](O)[C@H]1O. The second kappa shape index (κ2) is 8.37. The highest BCUT2D eigenvalue weighted by atomic mass is 16.6. The van der Waals surface area contributed by atoms with Gasteiger partial charge in [0.1, 0.15) is 29.8 Å². The Morgan fingerprint density at radius 2 is 1.87 bits per heavy atom. The molecule has 0 amide bonds. The molecule has 2 rings (SSSR count). The quantitative estimate of drug-likeness (QED) is 0.494. The molecule has 0 bridgehead atoms. The molecular formula is C16H22O7. The molecule has 4 atom stereocenters. The summed E-state index contributed by atoms with van der Waals surface area (Å²) >= 11 is 0. The minimum Gasteiger partial charge on any atom is -0.468 e. The van der Waals surface area contributed by atoms with E-state index >= 15 is 0 Å². The van der Waals surface area contributed by atoms with E-state index < -0.39 is 24.4 Å². The van der Waals surface area contributed by atoms with Gasteiger partial charge in [-0.05, 0) is 24.1 Å². The minimum atomic E-state index is -1.29. The second-order valence-electron chi connectivity index (χ2n) is 5.58. The maximum Gasteiger partial charge on any atom is 0.186 e. The normalized spacial score (nSPS) is 27.7. The van der Waals surface area contributed by atoms with Crippen molar-refractivity contribution in [1.29, 1.82) is 0 Å². The van der Waals surface area contributed by atoms with Crippen LogP contribution in [0.3, 0.4) is 0 Å². The van der Waals surface area contributed by atoms with E-state index in [0.29, 0.717) is 12.2 Å². The van der Waals surface area contributed by atoms with Crippen LogP contribution in [0.1, 0.15) is 18.4 Å². The molecule has 1 aliphatic rings. The lowest BCUT2D eigenvalue weighted by Gasteiger charge is -2.34. The molecule has 1 fully saturated rings. The zero-order valence-corrected chi connectivity index (χ0v) is 12.7. The molecule has 4 N–H and O–H groups in total. The third-order valence-electron chi connectivity index (χ3n) is 3.88. The Morgan fingerprint density at radius 3 is 2.52 bits per heavy atom. The fourth-order valence-corrected chi connectivity index (χ4v) is 2.48. The Bertz CT molecular complexity index is 502. The van der Waals surface area contributed by atoms with Gasteiger partial charge in [-0.3, -0.25) is 4.79 Å². The number of carbonyl (C=O) groups is 1. The van der Waals surface area contributed by atoms with E-state index in [1.165, 1.54) is 0 Å². The van der Waals surface area contributed by atoms with Gasteiger partial charge in [0.25, 0.3) is 0 Å². The number of aliphatic hydroxyl groups is 4. The molecular weight excluding hydrogens is 304 g/mol. The van der Waals surface area contributed by atoms with E-state index in [-0.39, 0.29) is 32.0 Å². The first-order valence-corrected chi connectivity index (χ1v) is 7.51. The molecule has 1 aliphatic heterocycles. The molecule has 1 unspecified atom stereocenters. The van der Waals surface area contributed by atoms with Crippen molar-refractivity contribution in [3.63, 3.8) is 0 Å². The lowest BCUT2D eigenvalue weighted by Crippen LogP contribution is -2.53. The van der Waals surface area contributed by atoms with Crippen molar-refractivity contribution in [3.05, 3.63) is 29.8 Å². The molecule has 1 heterocycles. The Morgan fingerprint density at radius 1 is 1.17 bits per heavy atom. The van der Waals surface area contributed by atoms with Gasteiger partial charge in [-0.25, -0.2) is 0 Å². The van der Waals surface area contributed by atoms with Crippen LogP contribution < -0.4 is 4.74 Å². The van der Waals surface area contributed by atoms with E-state index in [0.717, 1.165) is 5.56 Å². The van der Waals surface area contributed by atoms with Crippen molar-refractivity contribution in [2.45, 2.75) is 43.7 Å². The van der Waals surface area contributed by atoms with Crippen molar-refractivity contribution < 1.29 is 34.7 Å². The molecule has 128 valence electrons. The summed E-state index contributed by atoms with van der Waals surface area (Å²) in [5.41, 5.74) is 0.948. The third-order valence-corrected chi connectivity index (χ3v) is 3.88. The zero-order valence-electron chi connectivity index (χ0n) is 12.7. The number of hydrogen-bond donors (Lipinski definition) is 4. The Hall–Kier alpha value is -1.51. The first-order valence-electron chi connectivity index (χ1n) is 7.51. The smallest absolute Gasteiger partial charge is 0.186 e. The summed E-state index contributed by atoms with van der Waals surface area (Å²) in [4.78, 5) is 12.0. The minimum absolute atomic E-state index is 0.00332. The van der Waals surface area contributed by atoms with Gasteiger partial charge in [0.2, 0.25) is 0 Å². The summed E-state index contributed by atoms with van der Waals surface area (Å²) in [6, 6.07) is 7.04. The number of rotatable bonds is 7. The molecule has 7 heteroatoms. The van der Waals surface area contributed by atoms with Crippen molar-refractivity contribution in [1.82, 2.24) is 0 Å². The number of hydrogen-bond acceptors (Lipinski definition) is 7. The van der Waals surface area contributed by atoms with E-state index in [1.54, 1.807) is 12.1 Å². The molecule has 0 radical (unpaired) electrons. The number of aryl methyl sites for hydroxylation is 1. The van der Waals surface area contributed by atoms with Crippen molar-refractivity contribution >= 4 is 5.78 Å². The average molecular weight is 326 g/mol. The third kappa shape index (κ3) is 4.98. The maximum absolute atomic E-state index is 12.0. The fraction of sp³-hybridized carbons (Fsp3) is 0.562. The van der Waals surface area contributed by atoms with E-state index in [9.17, 15) is 20.1 Å². The average Bonchev–Trinajstić information content (AvgIpc) is 2.55. The lowest BCUT2D eigenvalue weighted by atomic mass is 9.95. The monoisotopic (exact) mass is 326 g/mol. The van der Waals surface area contributed by atoms with Crippen molar-refractivity contribution in [2.75, 3.05) is 13.4 Å². The Balaban J connectivity index is 1.78. The highest BCUT2D eigenvalue weighted by molar-refractivity contribution is 5.79. The molecule has 7 nitrogen and oxygen atoms in total. The molecule has 1 aromatic rings.